The molecule has 0 amide bonds. The minimum atomic E-state index is -4.08. The van der Waals surface area contributed by atoms with Gasteiger partial charge in [0.2, 0.25) is 0 Å². The second-order valence-electron chi connectivity index (χ2n) is 2.93. The predicted octanol–water partition coefficient (Wildman–Crippen LogP) is 2.96. The van der Waals surface area contributed by atoms with Gasteiger partial charge in [-0.25, -0.2) is 4.98 Å². The molecule has 0 saturated carbocycles. The normalized spacial score (nSPS) is 12.0. The molecule has 0 aromatic carbocycles. The summed E-state index contributed by atoms with van der Waals surface area (Å²) in [5.74, 6) is 0.270. The third-order valence-corrected chi connectivity index (χ3v) is 2.07. The van der Waals surface area contributed by atoms with Gasteiger partial charge >= 0.3 is 6.18 Å². The number of aromatic nitrogens is 2. The number of aryl methyl sites for hydroxylation is 1. The van der Waals surface area contributed by atoms with Gasteiger partial charge < -0.3 is 4.57 Å². The van der Waals surface area contributed by atoms with E-state index in [4.69, 9.17) is 11.6 Å². The number of imidazole rings is 1. The molecule has 14 heavy (non-hydrogen) atoms. The van der Waals surface area contributed by atoms with Crippen LogP contribution in [0.25, 0.3) is 0 Å². The molecule has 0 aliphatic heterocycles. The zero-order chi connectivity index (χ0) is 10.6. The van der Waals surface area contributed by atoms with Gasteiger partial charge in [-0.1, -0.05) is 0 Å². The Morgan fingerprint density at radius 2 is 2.14 bits per heavy atom. The highest BCUT2D eigenvalue weighted by Crippen LogP contribution is 2.21. The van der Waals surface area contributed by atoms with E-state index in [1.807, 2.05) is 0 Å². The van der Waals surface area contributed by atoms with Crippen LogP contribution >= 0.6 is 11.6 Å². The maximum Gasteiger partial charge on any atom is 0.389 e. The highest BCUT2D eigenvalue weighted by molar-refractivity contribution is 6.16. The van der Waals surface area contributed by atoms with Crippen molar-refractivity contribution in [2.24, 2.45) is 0 Å². The monoisotopic (exact) mass is 226 g/mol. The average Bonchev–Trinajstić information content (AvgIpc) is 2.49. The van der Waals surface area contributed by atoms with Crippen LogP contribution in [0.5, 0.6) is 0 Å². The van der Waals surface area contributed by atoms with E-state index in [-0.39, 0.29) is 12.3 Å². The van der Waals surface area contributed by atoms with Crippen LogP contribution in [-0.4, -0.2) is 15.7 Å². The van der Waals surface area contributed by atoms with Crippen molar-refractivity contribution in [3.63, 3.8) is 0 Å². The molecule has 1 aromatic heterocycles. The number of nitrogens with zero attached hydrogens (tertiary/aromatic N) is 2. The molecule has 0 radical (unpaired) electrons. The van der Waals surface area contributed by atoms with Crippen molar-refractivity contribution < 1.29 is 13.2 Å². The topological polar surface area (TPSA) is 17.8 Å². The van der Waals surface area contributed by atoms with Crippen LogP contribution in [0, 0.1) is 0 Å². The Morgan fingerprint density at radius 1 is 1.43 bits per heavy atom. The molecule has 1 rings (SSSR count). The quantitative estimate of drug-likeness (QED) is 0.722. The Morgan fingerprint density at radius 3 is 2.71 bits per heavy atom. The van der Waals surface area contributed by atoms with E-state index < -0.39 is 12.6 Å². The van der Waals surface area contributed by atoms with Crippen molar-refractivity contribution >= 4 is 11.6 Å². The van der Waals surface area contributed by atoms with Gasteiger partial charge in [0.15, 0.2) is 0 Å². The zero-order valence-corrected chi connectivity index (χ0v) is 8.15. The Balaban J connectivity index is 2.38. The fourth-order valence-corrected chi connectivity index (χ4v) is 1.33. The summed E-state index contributed by atoms with van der Waals surface area (Å²) in [5, 5.41) is 0. The third-order valence-electron chi connectivity index (χ3n) is 1.79. The number of rotatable bonds is 4. The van der Waals surface area contributed by atoms with Gasteiger partial charge in [0.25, 0.3) is 0 Å². The second-order valence-corrected chi connectivity index (χ2v) is 3.20. The lowest BCUT2D eigenvalue weighted by Gasteiger charge is -2.07. The van der Waals surface area contributed by atoms with E-state index >= 15 is 0 Å². The lowest BCUT2D eigenvalue weighted by molar-refractivity contribution is -0.135. The van der Waals surface area contributed by atoms with Crippen LogP contribution in [-0.2, 0) is 12.4 Å². The van der Waals surface area contributed by atoms with Crippen LogP contribution in [0.15, 0.2) is 12.5 Å². The van der Waals surface area contributed by atoms with Crippen molar-refractivity contribution in [1.29, 1.82) is 0 Å². The number of hydrogen-bond donors (Lipinski definition) is 0. The van der Waals surface area contributed by atoms with Gasteiger partial charge in [0.05, 0.1) is 17.9 Å². The molecule has 1 heterocycles. The van der Waals surface area contributed by atoms with Crippen molar-refractivity contribution in [3.05, 3.63) is 18.2 Å². The molecule has 2 nitrogen and oxygen atoms in total. The van der Waals surface area contributed by atoms with Crippen LogP contribution in [0.4, 0.5) is 13.2 Å². The minimum Gasteiger partial charge on any atom is -0.333 e. The second kappa shape index (κ2) is 4.68. The summed E-state index contributed by atoms with van der Waals surface area (Å²) < 4.78 is 37.1. The number of alkyl halides is 4. The summed E-state index contributed by atoms with van der Waals surface area (Å²) in [6.45, 7) is 0.307. The molecular weight excluding hydrogens is 217 g/mol. The SMILES string of the molecule is FC(F)(F)CCCn1cncc1CCl. The summed E-state index contributed by atoms with van der Waals surface area (Å²) >= 11 is 5.56. The van der Waals surface area contributed by atoms with Gasteiger partial charge in [0.1, 0.15) is 0 Å². The van der Waals surface area contributed by atoms with Gasteiger partial charge in [-0.05, 0) is 6.42 Å². The van der Waals surface area contributed by atoms with E-state index in [1.54, 1.807) is 10.8 Å². The van der Waals surface area contributed by atoms with Gasteiger partial charge in [-0.15, -0.1) is 11.6 Å². The Hall–Kier alpha value is -0.710. The smallest absolute Gasteiger partial charge is 0.333 e. The molecular formula is C8H10ClF3N2. The van der Waals surface area contributed by atoms with Gasteiger partial charge in [0, 0.05) is 19.2 Å². The fraction of sp³-hybridized carbons (Fsp3) is 0.625. The molecule has 0 atom stereocenters. The van der Waals surface area contributed by atoms with E-state index in [0.29, 0.717) is 6.54 Å². The molecule has 0 saturated heterocycles. The standard InChI is InChI=1S/C8H10ClF3N2/c9-4-7-5-13-6-14(7)3-1-2-8(10,11)12/h5-6H,1-4H2. The lowest BCUT2D eigenvalue weighted by Crippen LogP contribution is -2.09. The maximum absolute atomic E-state index is 11.8. The molecule has 0 fully saturated rings. The first-order valence-electron chi connectivity index (χ1n) is 4.14. The molecule has 0 N–H and O–H groups in total. The van der Waals surface area contributed by atoms with Crippen molar-refractivity contribution in [1.82, 2.24) is 9.55 Å². The summed E-state index contributed by atoms with van der Waals surface area (Å²) in [4.78, 5) is 3.81. The first-order valence-corrected chi connectivity index (χ1v) is 4.68. The summed E-state index contributed by atoms with van der Waals surface area (Å²) in [7, 11) is 0. The van der Waals surface area contributed by atoms with Crippen molar-refractivity contribution in [2.75, 3.05) is 0 Å². The van der Waals surface area contributed by atoms with E-state index in [0.717, 1.165) is 5.69 Å². The fourth-order valence-electron chi connectivity index (χ4n) is 1.11. The van der Waals surface area contributed by atoms with Gasteiger partial charge in [-0.3, -0.25) is 0 Å². The van der Waals surface area contributed by atoms with Crippen molar-refractivity contribution in [2.45, 2.75) is 31.4 Å². The third kappa shape index (κ3) is 3.57. The van der Waals surface area contributed by atoms with E-state index in [1.165, 1.54) is 6.33 Å². The molecule has 0 spiro atoms. The van der Waals surface area contributed by atoms with Gasteiger partial charge in [-0.2, -0.15) is 13.2 Å². The highest BCUT2D eigenvalue weighted by Gasteiger charge is 2.26. The number of hydrogen-bond acceptors (Lipinski definition) is 1. The predicted molar refractivity (Wildman–Crippen MR) is 47.1 cm³/mol. The summed E-state index contributed by atoms with van der Waals surface area (Å²) in [5.41, 5.74) is 0.744. The molecule has 80 valence electrons. The van der Waals surface area contributed by atoms with Crippen LogP contribution in [0.1, 0.15) is 18.5 Å². The molecule has 0 bridgehead atoms. The molecule has 0 aliphatic carbocycles. The molecule has 6 heteroatoms. The summed E-state index contributed by atoms with van der Waals surface area (Å²) in [6.07, 6.45) is -1.74. The van der Waals surface area contributed by atoms with Crippen molar-refractivity contribution in [3.8, 4) is 0 Å². The first-order chi connectivity index (χ1) is 6.53. The minimum absolute atomic E-state index is 0.0593. The molecule has 1 aromatic rings. The Kier molecular flexibility index (Phi) is 3.80. The number of halogens is 4. The van der Waals surface area contributed by atoms with E-state index in [9.17, 15) is 13.2 Å². The maximum atomic E-state index is 11.8. The van der Waals surface area contributed by atoms with Crippen LogP contribution in [0.2, 0.25) is 0 Å². The van der Waals surface area contributed by atoms with E-state index in [2.05, 4.69) is 4.98 Å². The molecule has 0 aliphatic rings. The average molecular weight is 227 g/mol. The van der Waals surface area contributed by atoms with Crippen LogP contribution < -0.4 is 0 Å². The molecule has 0 unspecified atom stereocenters. The summed E-state index contributed by atoms with van der Waals surface area (Å²) in [6, 6.07) is 0. The van der Waals surface area contributed by atoms with Crippen LogP contribution in [0.3, 0.4) is 0 Å². The Bertz CT molecular complexity index is 282. The first kappa shape index (κ1) is 11.4. The highest BCUT2D eigenvalue weighted by atomic mass is 35.5. The lowest BCUT2D eigenvalue weighted by atomic mass is 10.3. The largest absolute Gasteiger partial charge is 0.389 e. The Labute approximate surface area is 84.7 Å². The zero-order valence-electron chi connectivity index (χ0n) is 7.39.